The number of aromatic hydroxyl groups is 1. The van der Waals surface area contributed by atoms with Crippen molar-refractivity contribution in [2.45, 2.75) is 32.1 Å². The minimum atomic E-state index is -0.170. The molecule has 3 N–H and O–H groups in total. The molecular formula is C15H24N2O3. The number of rotatable bonds is 4. The van der Waals surface area contributed by atoms with E-state index in [2.05, 4.69) is 10.2 Å². The van der Waals surface area contributed by atoms with Gasteiger partial charge in [-0.05, 0) is 27.0 Å². The molecule has 20 heavy (non-hydrogen) atoms. The largest absolute Gasteiger partial charge is 0.508 e. The van der Waals surface area contributed by atoms with E-state index in [1.54, 1.807) is 6.07 Å². The van der Waals surface area contributed by atoms with Gasteiger partial charge < -0.3 is 25.2 Å². The van der Waals surface area contributed by atoms with Crippen molar-refractivity contribution in [1.29, 1.82) is 0 Å². The molecule has 5 nitrogen and oxygen atoms in total. The molecule has 1 aliphatic heterocycles. The molecule has 0 bridgehead atoms. The first kappa shape index (κ1) is 15.1. The summed E-state index contributed by atoms with van der Waals surface area (Å²) in [6.45, 7) is 5.42. The molecule has 1 fully saturated rings. The van der Waals surface area contributed by atoms with E-state index in [1.165, 1.54) is 0 Å². The molecule has 0 radical (unpaired) electrons. The van der Waals surface area contributed by atoms with Crippen LogP contribution >= 0.6 is 0 Å². The summed E-state index contributed by atoms with van der Waals surface area (Å²) in [6.07, 6.45) is -0.101. The Bertz CT molecular complexity index is 453. The van der Waals surface area contributed by atoms with Gasteiger partial charge in [0.25, 0.3) is 0 Å². The van der Waals surface area contributed by atoms with E-state index >= 15 is 0 Å². The molecule has 0 aromatic heterocycles. The van der Waals surface area contributed by atoms with Crippen molar-refractivity contribution in [3.05, 3.63) is 23.8 Å². The van der Waals surface area contributed by atoms with E-state index in [0.29, 0.717) is 12.3 Å². The minimum Gasteiger partial charge on any atom is -0.508 e. The molecule has 5 heteroatoms. The van der Waals surface area contributed by atoms with E-state index in [-0.39, 0.29) is 24.9 Å². The number of ether oxygens (including phenoxy) is 1. The smallest absolute Gasteiger partial charge is 0.122 e. The van der Waals surface area contributed by atoms with Crippen LogP contribution in [0.15, 0.2) is 18.2 Å². The fourth-order valence-corrected chi connectivity index (χ4v) is 2.61. The molecule has 3 unspecified atom stereocenters. The molecule has 2 rings (SSSR count). The van der Waals surface area contributed by atoms with Gasteiger partial charge in [-0.15, -0.1) is 0 Å². The fraction of sp³-hybridized carbons (Fsp3) is 0.600. The topological polar surface area (TPSA) is 65.0 Å². The van der Waals surface area contributed by atoms with Crippen LogP contribution in [0.1, 0.15) is 25.5 Å². The van der Waals surface area contributed by atoms with Gasteiger partial charge in [-0.25, -0.2) is 0 Å². The number of nitrogens with zero attached hydrogens (tertiary/aromatic N) is 1. The average Bonchev–Trinajstić information content (AvgIpc) is 2.45. The van der Waals surface area contributed by atoms with Crippen molar-refractivity contribution >= 4 is 5.69 Å². The van der Waals surface area contributed by atoms with Crippen LogP contribution in [-0.4, -0.2) is 49.2 Å². The van der Waals surface area contributed by atoms with Gasteiger partial charge in [-0.3, -0.25) is 0 Å². The monoisotopic (exact) mass is 280 g/mol. The van der Waals surface area contributed by atoms with Gasteiger partial charge in [0, 0.05) is 36.4 Å². The van der Waals surface area contributed by atoms with Crippen LogP contribution in [0, 0.1) is 0 Å². The highest BCUT2D eigenvalue weighted by atomic mass is 16.5. The molecule has 112 valence electrons. The second-order valence-corrected chi connectivity index (χ2v) is 5.41. The Hall–Kier alpha value is -1.30. The highest BCUT2D eigenvalue weighted by molar-refractivity contribution is 5.54. The number of hydrogen-bond acceptors (Lipinski definition) is 5. The first-order valence-electron chi connectivity index (χ1n) is 7.06. The van der Waals surface area contributed by atoms with Crippen molar-refractivity contribution < 1.29 is 14.9 Å². The van der Waals surface area contributed by atoms with Gasteiger partial charge in [-0.1, -0.05) is 6.07 Å². The Morgan fingerprint density at radius 3 is 2.80 bits per heavy atom. The maximum absolute atomic E-state index is 10.2. The third-order valence-electron chi connectivity index (χ3n) is 3.81. The second-order valence-electron chi connectivity index (χ2n) is 5.41. The normalized spacial score (nSPS) is 24.7. The van der Waals surface area contributed by atoms with Crippen LogP contribution in [-0.2, 0) is 4.74 Å². The van der Waals surface area contributed by atoms with Crippen LogP contribution in [0.5, 0.6) is 5.75 Å². The average molecular weight is 280 g/mol. The summed E-state index contributed by atoms with van der Waals surface area (Å²) >= 11 is 0. The summed E-state index contributed by atoms with van der Waals surface area (Å²) in [7, 11) is 1.87. The van der Waals surface area contributed by atoms with Gasteiger partial charge >= 0.3 is 0 Å². The summed E-state index contributed by atoms with van der Waals surface area (Å²) in [4.78, 5) is 2.14. The number of aliphatic hydroxyl groups is 1. The predicted molar refractivity (Wildman–Crippen MR) is 79.2 cm³/mol. The zero-order chi connectivity index (χ0) is 14.7. The highest BCUT2D eigenvalue weighted by Gasteiger charge is 2.25. The lowest BCUT2D eigenvalue weighted by atomic mass is 10.1. The molecule has 1 aliphatic rings. The van der Waals surface area contributed by atoms with Gasteiger partial charge in [0.2, 0.25) is 0 Å². The molecule has 0 saturated carbocycles. The first-order valence-corrected chi connectivity index (χ1v) is 7.06. The molecule has 1 heterocycles. The Kier molecular flexibility index (Phi) is 4.86. The molecule has 0 aliphatic carbocycles. The molecule has 1 saturated heterocycles. The van der Waals surface area contributed by atoms with Gasteiger partial charge in [0.15, 0.2) is 0 Å². The van der Waals surface area contributed by atoms with E-state index in [0.717, 1.165) is 17.8 Å². The van der Waals surface area contributed by atoms with Crippen LogP contribution in [0.25, 0.3) is 0 Å². The molecule has 0 spiro atoms. The van der Waals surface area contributed by atoms with Gasteiger partial charge in [-0.2, -0.15) is 0 Å². The van der Waals surface area contributed by atoms with E-state index in [1.807, 2.05) is 33.0 Å². The molecular weight excluding hydrogens is 256 g/mol. The van der Waals surface area contributed by atoms with E-state index < -0.39 is 0 Å². The number of phenolic OH excluding ortho intramolecular Hbond substituents is 1. The lowest BCUT2D eigenvalue weighted by Gasteiger charge is -2.37. The fourth-order valence-electron chi connectivity index (χ4n) is 2.61. The SMILES string of the molecule is CNC(C)c1ccc(N2CC(C)OC(CO)C2)cc1O. The molecule has 3 atom stereocenters. The van der Waals surface area contributed by atoms with Gasteiger partial charge in [0.05, 0.1) is 18.8 Å². The van der Waals surface area contributed by atoms with Crippen molar-refractivity contribution in [2.75, 3.05) is 31.6 Å². The van der Waals surface area contributed by atoms with Gasteiger partial charge in [0.1, 0.15) is 5.75 Å². The van der Waals surface area contributed by atoms with Crippen molar-refractivity contribution in [3.63, 3.8) is 0 Å². The third-order valence-corrected chi connectivity index (χ3v) is 3.81. The summed E-state index contributed by atoms with van der Waals surface area (Å²) < 4.78 is 5.63. The number of hydrogen-bond donors (Lipinski definition) is 3. The van der Waals surface area contributed by atoms with Crippen molar-refractivity contribution in [1.82, 2.24) is 5.32 Å². The Morgan fingerprint density at radius 2 is 2.20 bits per heavy atom. The van der Waals surface area contributed by atoms with Crippen molar-refractivity contribution in [2.24, 2.45) is 0 Å². The predicted octanol–water partition coefficient (Wildman–Crippen LogP) is 1.26. The lowest BCUT2D eigenvalue weighted by Crippen LogP contribution is -2.48. The molecule has 1 aromatic rings. The van der Waals surface area contributed by atoms with Crippen LogP contribution in [0.3, 0.4) is 0 Å². The Morgan fingerprint density at radius 1 is 1.45 bits per heavy atom. The summed E-state index contributed by atoms with van der Waals surface area (Å²) in [5.74, 6) is 0.295. The number of benzene rings is 1. The Balaban J connectivity index is 2.18. The summed E-state index contributed by atoms with van der Waals surface area (Å²) in [5.41, 5.74) is 1.85. The number of anilines is 1. The number of nitrogens with one attached hydrogen (secondary N) is 1. The molecule has 1 aromatic carbocycles. The zero-order valence-corrected chi connectivity index (χ0v) is 12.3. The number of aliphatic hydroxyl groups excluding tert-OH is 1. The second kappa shape index (κ2) is 6.43. The first-order chi connectivity index (χ1) is 9.55. The summed E-state index contributed by atoms with van der Waals surface area (Å²) in [5, 5.41) is 22.6. The Labute approximate surface area is 120 Å². The highest BCUT2D eigenvalue weighted by Crippen LogP contribution is 2.30. The van der Waals surface area contributed by atoms with Crippen LogP contribution < -0.4 is 10.2 Å². The quantitative estimate of drug-likeness (QED) is 0.775. The van der Waals surface area contributed by atoms with E-state index in [9.17, 15) is 10.2 Å². The summed E-state index contributed by atoms with van der Waals surface area (Å²) in [6, 6.07) is 5.85. The molecule has 0 amide bonds. The van der Waals surface area contributed by atoms with Crippen LogP contribution in [0.4, 0.5) is 5.69 Å². The third kappa shape index (κ3) is 3.23. The number of morpholine rings is 1. The zero-order valence-electron chi connectivity index (χ0n) is 12.3. The van der Waals surface area contributed by atoms with Crippen molar-refractivity contribution in [3.8, 4) is 5.75 Å². The standard InChI is InChI=1S/C15H24N2O3/c1-10-7-17(8-13(9-18)20-10)12-4-5-14(11(2)16-3)15(19)6-12/h4-6,10-11,13,16,18-19H,7-9H2,1-3H3. The minimum absolute atomic E-state index is 0.0156. The maximum atomic E-state index is 10.2. The van der Waals surface area contributed by atoms with E-state index in [4.69, 9.17) is 4.74 Å². The van der Waals surface area contributed by atoms with Crippen LogP contribution in [0.2, 0.25) is 0 Å². The maximum Gasteiger partial charge on any atom is 0.122 e. The number of phenols is 1. The lowest BCUT2D eigenvalue weighted by molar-refractivity contribution is -0.0421.